The van der Waals surface area contributed by atoms with E-state index in [1.165, 1.54) is 76.9 Å². The van der Waals surface area contributed by atoms with Crippen molar-refractivity contribution in [3.8, 4) is 23.0 Å². The van der Waals surface area contributed by atoms with Crippen molar-refractivity contribution < 1.29 is 42.4 Å². The van der Waals surface area contributed by atoms with Gasteiger partial charge in [-0.05, 0) is 43.3 Å². The van der Waals surface area contributed by atoms with Crippen molar-refractivity contribution in [2.24, 2.45) is 5.92 Å². The minimum atomic E-state index is -0.963. The van der Waals surface area contributed by atoms with Crippen LogP contribution in [0.2, 0.25) is 0 Å². The van der Waals surface area contributed by atoms with E-state index in [0.717, 1.165) is 0 Å². The number of aromatic hydroxyl groups is 1. The first-order valence-electron chi connectivity index (χ1n) is 11.7. The first kappa shape index (κ1) is 28.4. The molecule has 0 aliphatic rings. The summed E-state index contributed by atoms with van der Waals surface area (Å²) in [6.07, 6.45) is 0.0336. The Morgan fingerprint density at radius 2 is 1.39 bits per heavy atom. The van der Waals surface area contributed by atoms with Crippen LogP contribution in [0.25, 0.3) is 0 Å². The number of hydrogen-bond donors (Lipinski definition) is 1. The molecule has 202 valence electrons. The molecule has 1 N–H and O–H groups in total. The zero-order chi connectivity index (χ0) is 28.0. The summed E-state index contributed by atoms with van der Waals surface area (Å²) in [5.74, 6) is -4.02. The van der Waals surface area contributed by atoms with E-state index >= 15 is 0 Å². The number of aromatic nitrogens is 1. The molecule has 3 rings (SSSR count). The molecule has 0 saturated carbocycles. The number of Topliss-reactive ketones (excluding diaryl/α,β-unsaturated/α-hetero) is 1. The monoisotopic (exact) mass is 529 g/mol. The fourth-order valence-electron chi connectivity index (χ4n) is 4.20. The average molecular weight is 530 g/mol. The van der Waals surface area contributed by atoms with E-state index in [-0.39, 0.29) is 17.9 Å². The first-order valence-corrected chi connectivity index (χ1v) is 11.7. The molecule has 0 radical (unpaired) electrons. The topological polar surface area (TPSA) is 104 Å². The molecule has 0 fully saturated rings. The molecule has 0 bridgehead atoms. The van der Waals surface area contributed by atoms with Crippen LogP contribution in [0.5, 0.6) is 23.0 Å². The fraction of sp³-hybridized carbons (Fsp3) is 0.321. The van der Waals surface area contributed by atoms with Gasteiger partial charge in [0, 0.05) is 29.8 Å². The van der Waals surface area contributed by atoms with E-state index < -0.39 is 47.1 Å². The van der Waals surface area contributed by atoms with Crippen molar-refractivity contribution in [2.45, 2.75) is 32.3 Å². The van der Waals surface area contributed by atoms with Crippen molar-refractivity contribution in [2.75, 3.05) is 21.3 Å². The van der Waals surface area contributed by atoms with E-state index in [4.69, 9.17) is 18.9 Å². The SMILES string of the molecule is COc1ccc(F)cc1C(c1cc(F)ccc1OC)[C@H](C)OC(=O)[C@H](C)CC(=O)c1nccc(OC)c1O. The van der Waals surface area contributed by atoms with Gasteiger partial charge in [0.1, 0.15) is 29.2 Å². The van der Waals surface area contributed by atoms with Gasteiger partial charge < -0.3 is 24.1 Å². The predicted octanol–water partition coefficient (Wildman–Crippen LogP) is 5.06. The number of methoxy groups -OCH3 is 3. The number of carbonyl (C=O) groups excluding carboxylic acids is 2. The van der Waals surface area contributed by atoms with Gasteiger partial charge in [0.2, 0.25) is 0 Å². The molecule has 10 heteroatoms. The number of carbonyl (C=O) groups is 2. The van der Waals surface area contributed by atoms with Gasteiger partial charge in [-0.25, -0.2) is 13.8 Å². The van der Waals surface area contributed by atoms with Gasteiger partial charge in [-0.1, -0.05) is 6.92 Å². The second-order valence-electron chi connectivity index (χ2n) is 8.63. The van der Waals surface area contributed by atoms with E-state index in [9.17, 15) is 23.5 Å². The first-order chi connectivity index (χ1) is 18.1. The number of esters is 1. The molecule has 0 aliphatic carbocycles. The molecule has 2 aromatic carbocycles. The molecular formula is C28H29F2NO7. The van der Waals surface area contributed by atoms with Crippen molar-refractivity contribution in [1.82, 2.24) is 4.98 Å². The van der Waals surface area contributed by atoms with Crippen LogP contribution < -0.4 is 14.2 Å². The van der Waals surface area contributed by atoms with Gasteiger partial charge in [0.25, 0.3) is 0 Å². The third kappa shape index (κ3) is 6.19. The lowest BCUT2D eigenvalue weighted by Crippen LogP contribution is -2.28. The van der Waals surface area contributed by atoms with Crippen LogP contribution in [0, 0.1) is 17.6 Å². The molecule has 1 heterocycles. The highest BCUT2D eigenvalue weighted by atomic mass is 19.1. The summed E-state index contributed by atoms with van der Waals surface area (Å²) in [5, 5.41) is 10.2. The minimum Gasteiger partial charge on any atom is -0.503 e. The molecule has 0 amide bonds. The summed E-state index contributed by atoms with van der Waals surface area (Å²) in [6, 6.07) is 9.13. The highest BCUT2D eigenvalue weighted by Gasteiger charge is 2.32. The number of hydrogen-bond acceptors (Lipinski definition) is 8. The number of benzene rings is 2. The zero-order valence-corrected chi connectivity index (χ0v) is 21.7. The van der Waals surface area contributed by atoms with Gasteiger partial charge >= 0.3 is 5.97 Å². The molecule has 3 aromatic rings. The van der Waals surface area contributed by atoms with Gasteiger partial charge in [0.15, 0.2) is 23.0 Å². The van der Waals surface area contributed by atoms with Gasteiger partial charge in [-0.15, -0.1) is 0 Å². The molecule has 0 unspecified atom stereocenters. The molecular weight excluding hydrogens is 500 g/mol. The Labute approximate surface area is 219 Å². The Balaban J connectivity index is 1.91. The summed E-state index contributed by atoms with van der Waals surface area (Å²) in [6.45, 7) is 3.06. The van der Waals surface area contributed by atoms with Crippen LogP contribution in [-0.4, -0.2) is 49.3 Å². The van der Waals surface area contributed by atoms with Crippen molar-refractivity contribution in [3.63, 3.8) is 0 Å². The quantitative estimate of drug-likeness (QED) is 0.271. The van der Waals surface area contributed by atoms with E-state index in [2.05, 4.69) is 4.98 Å². The van der Waals surface area contributed by atoms with Gasteiger partial charge in [-0.2, -0.15) is 0 Å². The van der Waals surface area contributed by atoms with Crippen molar-refractivity contribution in [3.05, 3.63) is 77.1 Å². The second-order valence-corrected chi connectivity index (χ2v) is 8.63. The van der Waals surface area contributed by atoms with Crippen LogP contribution in [0.3, 0.4) is 0 Å². The smallest absolute Gasteiger partial charge is 0.309 e. The second kappa shape index (κ2) is 12.4. The highest BCUT2D eigenvalue weighted by molar-refractivity contribution is 5.99. The maximum Gasteiger partial charge on any atom is 0.309 e. The third-order valence-electron chi connectivity index (χ3n) is 6.09. The number of ketones is 1. The number of pyridine rings is 1. The van der Waals surface area contributed by atoms with E-state index in [1.807, 2.05) is 0 Å². The average Bonchev–Trinajstić information content (AvgIpc) is 2.89. The van der Waals surface area contributed by atoms with E-state index in [0.29, 0.717) is 22.6 Å². The van der Waals surface area contributed by atoms with Crippen molar-refractivity contribution in [1.29, 1.82) is 0 Å². The largest absolute Gasteiger partial charge is 0.503 e. The van der Waals surface area contributed by atoms with Gasteiger partial charge in [0.05, 0.1) is 33.2 Å². The molecule has 2 atom stereocenters. The number of rotatable bonds is 11. The Bertz CT molecular complexity index is 1260. The molecule has 38 heavy (non-hydrogen) atoms. The lowest BCUT2D eigenvalue weighted by Gasteiger charge is -2.28. The van der Waals surface area contributed by atoms with Crippen LogP contribution in [0.1, 0.15) is 47.8 Å². The number of halogens is 2. The zero-order valence-electron chi connectivity index (χ0n) is 21.7. The Hall–Kier alpha value is -4.21. The third-order valence-corrected chi connectivity index (χ3v) is 6.09. The standard InChI is InChI=1S/C28H29F2NO7/c1-15(12-21(32)26-27(33)24(37-5)10-11-31-26)28(34)38-16(2)25(19-13-17(29)6-8-22(19)35-3)20-14-18(30)7-9-23(20)36-4/h6-11,13-16,25,33H,12H2,1-5H3/t15-,16+/m1/s1. The van der Waals surface area contributed by atoms with Gasteiger partial charge in [-0.3, -0.25) is 9.59 Å². The van der Waals surface area contributed by atoms with Crippen LogP contribution >= 0.6 is 0 Å². The lowest BCUT2D eigenvalue weighted by molar-refractivity contribution is -0.153. The summed E-state index contributed by atoms with van der Waals surface area (Å²) < 4.78 is 50.2. The Morgan fingerprint density at radius 1 is 0.868 bits per heavy atom. The minimum absolute atomic E-state index is 0.0723. The Morgan fingerprint density at radius 3 is 1.89 bits per heavy atom. The normalized spacial score (nSPS) is 12.5. The molecule has 0 spiro atoms. The number of ether oxygens (including phenoxy) is 4. The maximum atomic E-state index is 14.3. The summed E-state index contributed by atoms with van der Waals surface area (Å²) in [7, 11) is 4.15. The van der Waals surface area contributed by atoms with Crippen LogP contribution in [0.15, 0.2) is 48.7 Å². The van der Waals surface area contributed by atoms with Crippen LogP contribution in [0.4, 0.5) is 8.78 Å². The lowest BCUT2D eigenvalue weighted by atomic mass is 9.85. The summed E-state index contributed by atoms with van der Waals surface area (Å²) in [4.78, 5) is 29.7. The summed E-state index contributed by atoms with van der Waals surface area (Å²) >= 11 is 0. The van der Waals surface area contributed by atoms with Crippen LogP contribution in [-0.2, 0) is 9.53 Å². The number of nitrogens with zero attached hydrogens (tertiary/aromatic N) is 1. The predicted molar refractivity (Wildman–Crippen MR) is 134 cm³/mol. The summed E-state index contributed by atoms with van der Waals surface area (Å²) in [5.41, 5.74) is 0.390. The fourth-order valence-corrected chi connectivity index (χ4v) is 4.20. The maximum absolute atomic E-state index is 14.3. The molecule has 1 aromatic heterocycles. The molecule has 0 saturated heterocycles. The Kier molecular flexibility index (Phi) is 9.22. The van der Waals surface area contributed by atoms with Crippen molar-refractivity contribution >= 4 is 11.8 Å². The highest BCUT2D eigenvalue weighted by Crippen LogP contribution is 2.40. The van der Waals surface area contributed by atoms with E-state index in [1.54, 1.807) is 6.92 Å². The molecule has 8 nitrogen and oxygen atoms in total. The molecule has 0 aliphatic heterocycles.